The molecule has 0 saturated carbocycles. The Morgan fingerprint density at radius 2 is 1.00 bits per heavy atom. The average molecular weight is 218 g/mol. The maximum atomic E-state index is 11.7. The van der Waals surface area contributed by atoms with E-state index in [1.54, 1.807) is 0 Å². The van der Waals surface area contributed by atoms with E-state index in [-0.39, 0.29) is 0 Å². The Balaban J connectivity index is 2.41. The van der Waals surface area contributed by atoms with Gasteiger partial charge in [-0.3, -0.25) is 29.8 Å². The fraction of sp³-hybridized carbons (Fsp3) is 0.200. The summed E-state index contributed by atoms with van der Waals surface area (Å²) in [6, 6.07) is 0. The molecule has 0 spiro atoms. The molecule has 2 heterocycles. The van der Waals surface area contributed by atoms with Gasteiger partial charge in [0, 0.05) is 0 Å². The molecule has 0 aromatic carbocycles. The van der Waals surface area contributed by atoms with E-state index in [4.69, 9.17) is 0 Å². The number of carbonyl (C=O) groups is 4. The minimum Gasteiger partial charge on any atom is -0.294 e. The van der Waals surface area contributed by atoms with Crippen LogP contribution < -0.4 is 10.6 Å². The molecule has 0 aromatic heterocycles. The summed E-state index contributed by atoms with van der Waals surface area (Å²) in [5, 5.41) is 4.08. The van der Waals surface area contributed by atoms with Crippen molar-refractivity contribution in [2.75, 3.05) is 0 Å². The van der Waals surface area contributed by atoms with Gasteiger partial charge in [0.1, 0.15) is 0 Å². The Bertz CT molecular complexity index is 453. The van der Waals surface area contributed by atoms with Crippen LogP contribution in [0.25, 0.3) is 0 Å². The fourth-order valence-electron chi connectivity index (χ4n) is 2.49. The molecule has 0 unspecified atom stereocenters. The van der Waals surface area contributed by atoms with Crippen molar-refractivity contribution in [2.24, 2.45) is 10.8 Å². The standard InChI is InChI=1S/C10H6N2O4/c13-5-9-3-1-2-4-10(9,7(15)11-5)8(16)12-6(9)14/h1-4H,(H,11,13,15)(H,12,14,16). The molecule has 1 aliphatic carbocycles. The average Bonchev–Trinajstić information content (AvgIpc) is 2.63. The molecule has 3 rings (SSSR count). The van der Waals surface area contributed by atoms with Crippen molar-refractivity contribution < 1.29 is 19.2 Å². The largest absolute Gasteiger partial charge is 0.294 e. The van der Waals surface area contributed by atoms with Crippen molar-refractivity contribution in [1.82, 2.24) is 10.6 Å². The van der Waals surface area contributed by atoms with Gasteiger partial charge >= 0.3 is 0 Å². The van der Waals surface area contributed by atoms with Gasteiger partial charge in [-0.1, -0.05) is 24.3 Å². The van der Waals surface area contributed by atoms with Gasteiger partial charge in [-0.25, -0.2) is 0 Å². The van der Waals surface area contributed by atoms with Gasteiger partial charge in [0.25, 0.3) is 0 Å². The zero-order valence-corrected chi connectivity index (χ0v) is 7.94. The quantitative estimate of drug-likeness (QED) is 0.378. The molecule has 3 aliphatic rings. The maximum Gasteiger partial charge on any atom is 0.248 e. The Hall–Kier alpha value is -2.24. The van der Waals surface area contributed by atoms with Crippen LogP contribution in [0, 0.1) is 10.8 Å². The molecule has 80 valence electrons. The Labute approximate surface area is 89.4 Å². The van der Waals surface area contributed by atoms with Crippen LogP contribution >= 0.6 is 0 Å². The Morgan fingerprint density at radius 1 is 0.688 bits per heavy atom. The monoisotopic (exact) mass is 218 g/mol. The zero-order chi connectivity index (χ0) is 11.6. The lowest BCUT2D eigenvalue weighted by molar-refractivity contribution is -0.140. The van der Waals surface area contributed by atoms with E-state index in [0.717, 1.165) is 0 Å². The van der Waals surface area contributed by atoms with Crippen LogP contribution in [-0.2, 0) is 19.2 Å². The summed E-state index contributed by atoms with van der Waals surface area (Å²) in [6.45, 7) is 0. The van der Waals surface area contributed by atoms with E-state index in [1.165, 1.54) is 24.3 Å². The van der Waals surface area contributed by atoms with E-state index in [0.29, 0.717) is 0 Å². The molecular formula is C10H6N2O4. The lowest BCUT2D eigenvalue weighted by Gasteiger charge is -2.27. The molecule has 2 saturated heterocycles. The van der Waals surface area contributed by atoms with Gasteiger partial charge < -0.3 is 0 Å². The maximum absolute atomic E-state index is 11.7. The Morgan fingerprint density at radius 3 is 1.31 bits per heavy atom. The number of carbonyl (C=O) groups excluding carboxylic acids is 4. The molecule has 2 fully saturated rings. The highest BCUT2D eigenvalue weighted by Gasteiger charge is 2.76. The van der Waals surface area contributed by atoms with Gasteiger partial charge in [-0.15, -0.1) is 0 Å². The van der Waals surface area contributed by atoms with Crippen LogP contribution in [0.3, 0.4) is 0 Å². The second-order valence-electron chi connectivity index (χ2n) is 3.90. The summed E-state index contributed by atoms with van der Waals surface area (Å²) in [5.41, 5.74) is -3.45. The predicted octanol–water partition coefficient (Wildman–Crippen LogP) is -1.60. The third-order valence-electron chi connectivity index (χ3n) is 3.31. The van der Waals surface area contributed by atoms with Crippen molar-refractivity contribution in [3.05, 3.63) is 24.3 Å². The number of amides is 4. The molecule has 4 amide bonds. The first-order chi connectivity index (χ1) is 7.55. The summed E-state index contributed by atoms with van der Waals surface area (Å²) >= 11 is 0. The molecule has 0 bridgehead atoms. The van der Waals surface area contributed by atoms with Crippen molar-refractivity contribution in [1.29, 1.82) is 0 Å². The van der Waals surface area contributed by atoms with E-state index in [9.17, 15) is 19.2 Å². The number of imide groups is 2. The third kappa shape index (κ3) is 0.597. The SMILES string of the molecule is O=C1NC(=O)C23C=CC=CC12C(=O)NC3=O. The second kappa shape index (κ2) is 2.29. The molecule has 0 atom stereocenters. The van der Waals surface area contributed by atoms with Crippen LogP contribution in [0.1, 0.15) is 0 Å². The fourth-order valence-corrected chi connectivity index (χ4v) is 2.49. The van der Waals surface area contributed by atoms with E-state index < -0.39 is 34.5 Å². The van der Waals surface area contributed by atoms with Crippen molar-refractivity contribution in [3.8, 4) is 0 Å². The highest BCUT2D eigenvalue weighted by atomic mass is 16.2. The van der Waals surface area contributed by atoms with Gasteiger partial charge in [0.15, 0.2) is 10.8 Å². The second-order valence-corrected chi connectivity index (χ2v) is 3.90. The summed E-state index contributed by atoms with van der Waals surface area (Å²) < 4.78 is 0. The number of hydrogen-bond donors (Lipinski definition) is 2. The first-order valence-electron chi connectivity index (χ1n) is 4.64. The van der Waals surface area contributed by atoms with Crippen LogP contribution in [0.5, 0.6) is 0 Å². The van der Waals surface area contributed by atoms with Crippen LogP contribution in [0.15, 0.2) is 24.3 Å². The molecule has 6 nitrogen and oxygen atoms in total. The molecule has 2 aliphatic heterocycles. The number of nitrogens with one attached hydrogen (secondary N) is 2. The van der Waals surface area contributed by atoms with Crippen molar-refractivity contribution >= 4 is 23.6 Å². The lowest BCUT2D eigenvalue weighted by Crippen LogP contribution is -2.45. The van der Waals surface area contributed by atoms with Gasteiger partial charge in [0.2, 0.25) is 23.6 Å². The number of allylic oxidation sites excluding steroid dienone is 2. The molecule has 16 heavy (non-hydrogen) atoms. The van der Waals surface area contributed by atoms with Crippen LogP contribution in [-0.4, -0.2) is 23.6 Å². The smallest absolute Gasteiger partial charge is 0.248 e. The summed E-state index contributed by atoms with van der Waals surface area (Å²) in [7, 11) is 0. The van der Waals surface area contributed by atoms with E-state index in [1.807, 2.05) is 10.6 Å². The third-order valence-corrected chi connectivity index (χ3v) is 3.31. The minimum absolute atomic E-state index is 0.749. The highest BCUT2D eigenvalue weighted by Crippen LogP contribution is 2.52. The van der Waals surface area contributed by atoms with Crippen LogP contribution in [0.2, 0.25) is 0 Å². The topological polar surface area (TPSA) is 92.3 Å². The lowest BCUT2D eigenvalue weighted by atomic mass is 9.64. The van der Waals surface area contributed by atoms with Crippen molar-refractivity contribution in [3.63, 3.8) is 0 Å². The molecule has 0 radical (unpaired) electrons. The number of rotatable bonds is 0. The first kappa shape index (κ1) is 9.02. The van der Waals surface area contributed by atoms with E-state index >= 15 is 0 Å². The van der Waals surface area contributed by atoms with Crippen LogP contribution in [0.4, 0.5) is 0 Å². The molecule has 2 N–H and O–H groups in total. The minimum atomic E-state index is -1.73. The molecule has 6 heteroatoms. The van der Waals surface area contributed by atoms with Gasteiger partial charge in [-0.2, -0.15) is 0 Å². The normalized spacial score (nSPS) is 39.5. The van der Waals surface area contributed by atoms with Gasteiger partial charge in [0.05, 0.1) is 0 Å². The Kier molecular flexibility index (Phi) is 1.29. The number of hydrogen-bond acceptors (Lipinski definition) is 4. The highest BCUT2D eigenvalue weighted by molar-refractivity contribution is 6.36. The first-order valence-corrected chi connectivity index (χ1v) is 4.64. The summed E-state index contributed by atoms with van der Waals surface area (Å²) in [4.78, 5) is 47.0. The molecular weight excluding hydrogens is 212 g/mol. The van der Waals surface area contributed by atoms with E-state index in [2.05, 4.69) is 0 Å². The molecule has 0 aromatic rings. The van der Waals surface area contributed by atoms with Crippen molar-refractivity contribution in [2.45, 2.75) is 0 Å². The predicted molar refractivity (Wildman–Crippen MR) is 49.4 cm³/mol. The summed E-state index contributed by atoms with van der Waals surface area (Å²) in [6.07, 6.45) is 5.56. The summed E-state index contributed by atoms with van der Waals surface area (Å²) in [5.74, 6) is -2.99. The zero-order valence-electron chi connectivity index (χ0n) is 7.94. The van der Waals surface area contributed by atoms with Gasteiger partial charge in [-0.05, 0) is 0 Å².